The van der Waals surface area contributed by atoms with Crippen LogP contribution in [0.1, 0.15) is 43.5 Å². The maximum atomic E-state index is 11.7. The Hall–Kier alpha value is -1.75. The molecule has 118 valence electrons. The van der Waals surface area contributed by atoms with Crippen LogP contribution in [0, 0.1) is 0 Å². The molecule has 0 aliphatic heterocycles. The van der Waals surface area contributed by atoms with E-state index >= 15 is 0 Å². The Bertz CT molecular complexity index is 436. The fourth-order valence-corrected chi connectivity index (χ4v) is 1.81. The number of rotatable bonds is 10. The first-order valence-corrected chi connectivity index (χ1v) is 7.57. The summed E-state index contributed by atoms with van der Waals surface area (Å²) in [6.45, 7) is 6.61. The average molecular weight is 294 g/mol. The molecule has 21 heavy (non-hydrogen) atoms. The van der Waals surface area contributed by atoms with Crippen molar-refractivity contribution in [3.05, 3.63) is 23.8 Å². The van der Waals surface area contributed by atoms with Gasteiger partial charge in [0, 0.05) is 31.1 Å². The van der Waals surface area contributed by atoms with Crippen LogP contribution in [-0.2, 0) is 9.47 Å². The van der Waals surface area contributed by atoms with Crippen molar-refractivity contribution >= 4 is 17.3 Å². The summed E-state index contributed by atoms with van der Waals surface area (Å²) in [6, 6.07) is 5.30. The number of nitrogen functional groups attached to an aromatic ring is 1. The van der Waals surface area contributed by atoms with Crippen molar-refractivity contribution in [1.82, 2.24) is 0 Å². The van der Waals surface area contributed by atoms with Gasteiger partial charge in [0.05, 0.1) is 12.2 Å². The molecule has 1 rings (SSSR count). The van der Waals surface area contributed by atoms with E-state index in [1.807, 2.05) is 6.07 Å². The minimum atomic E-state index is -0.387. The number of anilines is 2. The van der Waals surface area contributed by atoms with E-state index in [-0.39, 0.29) is 5.97 Å². The number of unbranched alkanes of at least 4 members (excludes halogenated alkanes) is 1. The van der Waals surface area contributed by atoms with Gasteiger partial charge in [-0.25, -0.2) is 4.79 Å². The maximum Gasteiger partial charge on any atom is 0.340 e. The molecule has 0 spiro atoms. The van der Waals surface area contributed by atoms with Crippen LogP contribution in [0.25, 0.3) is 0 Å². The number of nitrogens with two attached hydrogens (primary N) is 1. The number of carbonyl (C=O) groups is 1. The van der Waals surface area contributed by atoms with Crippen LogP contribution >= 0.6 is 0 Å². The molecule has 3 N–H and O–H groups in total. The fourth-order valence-electron chi connectivity index (χ4n) is 1.81. The number of ether oxygens (including phenoxy) is 2. The van der Waals surface area contributed by atoms with E-state index in [4.69, 9.17) is 15.2 Å². The highest BCUT2D eigenvalue weighted by Gasteiger charge is 2.11. The molecule has 0 aliphatic rings. The third kappa shape index (κ3) is 6.49. The highest BCUT2D eigenvalue weighted by atomic mass is 16.5. The molecule has 0 radical (unpaired) electrons. The first-order valence-electron chi connectivity index (χ1n) is 7.57. The van der Waals surface area contributed by atoms with Gasteiger partial charge in [-0.2, -0.15) is 0 Å². The molecule has 1 aromatic rings. The first-order chi connectivity index (χ1) is 10.2. The Morgan fingerprint density at radius 1 is 1.24 bits per heavy atom. The highest BCUT2D eigenvalue weighted by Crippen LogP contribution is 2.18. The zero-order valence-electron chi connectivity index (χ0n) is 13.0. The SMILES string of the molecule is CCCCOCCCNc1ccc(N)c(C(=O)OCC)c1. The lowest BCUT2D eigenvalue weighted by Crippen LogP contribution is -2.10. The van der Waals surface area contributed by atoms with Gasteiger partial charge in [0.15, 0.2) is 0 Å². The molecule has 0 aromatic heterocycles. The van der Waals surface area contributed by atoms with Gasteiger partial charge in [-0.15, -0.1) is 0 Å². The zero-order valence-corrected chi connectivity index (χ0v) is 13.0. The summed E-state index contributed by atoms with van der Waals surface area (Å²) in [5.41, 5.74) is 7.49. The van der Waals surface area contributed by atoms with Crippen LogP contribution in [0.15, 0.2) is 18.2 Å². The third-order valence-electron chi connectivity index (χ3n) is 2.99. The molecule has 0 atom stereocenters. The van der Waals surface area contributed by atoms with Crippen molar-refractivity contribution in [1.29, 1.82) is 0 Å². The van der Waals surface area contributed by atoms with E-state index in [0.29, 0.717) is 17.9 Å². The van der Waals surface area contributed by atoms with Gasteiger partial charge in [-0.05, 0) is 38.0 Å². The lowest BCUT2D eigenvalue weighted by atomic mass is 10.1. The summed E-state index contributed by atoms with van der Waals surface area (Å²) in [4.78, 5) is 11.7. The average Bonchev–Trinajstić information content (AvgIpc) is 2.48. The molecule has 5 heteroatoms. The normalized spacial score (nSPS) is 10.4. The number of carbonyl (C=O) groups excluding carboxylic acids is 1. The molecule has 0 saturated heterocycles. The van der Waals surface area contributed by atoms with Crippen LogP contribution in [-0.4, -0.2) is 32.3 Å². The number of benzene rings is 1. The van der Waals surface area contributed by atoms with E-state index in [9.17, 15) is 4.79 Å². The topological polar surface area (TPSA) is 73.6 Å². The molecular formula is C16H26N2O3. The molecule has 0 saturated carbocycles. The number of hydrogen-bond donors (Lipinski definition) is 2. The Balaban J connectivity index is 2.38. The maximum absolute atomic E-state index is 11.7. The van der Waals surface area contributed by atoms with Crippen LogP contribution in [0.2, 0.25) is 0 Å². The van der Waals surface area contributed by atoms with Gasteiger partial charge >= 0.3 is 5.97 Å². The minimum Gasteiger partial charge on any atom is -0.462 e. The number of hydrogen-bond acceptors (Lipinski definition) is 5. The lowest BCUT2D eigenvalue weighted by Gasteiger charge is -2.10. The van der Waals surface area contributed by atoms with Crippen molar-refractivity contribution in [2.75, 3.05) is 37.4 Å². The Labute approximate surface area is 126 Å². The van der Waals surface area contributed by atoms with E-state index in [1.54, 1.807) is 19.1 Å². The largest absolute Gasteiger partial charge is 0.462 e. The number of nitrogens with one attached hydrogen (secondary N) is 1. The summed E-state index contributed by atoms with van der Waals surface area (Å²) in [5.74, 6) is -0.387. The van der Waals surface area contributed by atoms with E-state index < -0.39 is 0 Å². The molecule has 0 aliphatic carbocycles. The fraction of sp³-hybridized carbons (Fsp3) is 0.562. The Kier molecular flexibility index (Phi) is 8.28. The molecule has 0 heterocycles. The molecular weight excluding hydrogens is 268 g/mol. The van der Waals surface area contributed by atoms with Gasteiger partial charge in [-0.1, -0.05) is 13.3 Å². The first kappa shape index (κ1) is 17.3. The third-order valence-corrected chi connectivity index (χ3v) is 2.99. The smallest absolute Gasteiger partial charge is 0.340 e. The molecule has 0 fully saturated rings. The molecule has 5 nitrogen and oxygen atoms in total. The predicted octanol–water partition coefficient (Wildman–Crippen LogP) is 3.06. The molecule has 0 bridgehead atoms. The van der Waals surface area contributed by atoms with Crippen LogP contribution in [0.3, 0.4) is 0 Å². The van der Waals surface area contributed by atoms with Gasteiger partial charge < -0.3 is 20.5 Å². The zero-order chi connectivity index (χ0) is 15.5. The van der Waals surface area contributed by atoms with E-state index in [2.05, 4.69) is 12.2 Å². The summed E-state index contributed by atoms with van der Waals surface area (Å²) in [7, 11) is 0. The Morgan fingerprint density at radius 2 is 2.00 bits per heavy atom. The second kappa shape index (κ2) is 10.0. The quantitative estimate of drug-likeness (QED) is 0.394. The van der Waals surface area contributed by atoms with Crippen LogP contribution in [0.5, 0.6) is 0 Å². The van der Waals surface area contributed by atoms with E-state index in [0.717, 1.165) is 44.7 Å². The molecule has 1 aromatic carbocycles. The Morgan fingerprint density at radius 3 is 2.71 bits per heavy atom. The second-order valence-corrected chi connectivity index (χ2v) is 4.77. The van der Waals surface area contributed by atoms with Crippen LogP contribution < -0.4 is 11.1 Å². The molecule has 0 unspecified atom stereocenters. The van der Waals surface area contributed by atoms with Crippen molar-refractivity contribution in [3.63, 3.8) is 0 Å². The number of esters is 1. The van der Waals surface area contributed by atoms with Crippen molar-refractivity contribution < 1.29 is 14.3 Å². The summed E-state index contributed by atoms with van der Waals surface area (Å²) in [5, 5.41) is 3.26. The predicted molar refractivity (Wildman–Crippen MR) is 85.6 cm³/mol. The summed E-state index contributed by atoms with van der Waals surface area (Å²) in [6.07, 6.45) is 3.18. The van der Waals surface area contributed by atoms with Crippen molar-refractivity contribution in [2.45, 2.75) is 33.1 Å². The summed E-state index contributed by atoms with van der Waals surface area (Å²) >= 11 is 0. The van der Waals surface area contributed by atoms with E-state index in [1.165, 1.54) is 0 Å². The van der Waals surface area contributed by atoms with Gasteiger partial charge in [0.1, 0.15) is 0 Å². The monoisotopic (exact) mass is 294 g/mol. The van der Waals surface area contributed by atoms with Crippen molar-refractivity contribution in [2.24, 2.45) is 0 Å². The second-order valence-electron chi connectivity index (χ2n) is 4.77. The van der Waals surface area contributed by atoms with Gasteiger partial charge in [-0.3, -0.25) is 0 Å². The highest BCUT2D eigenvalue weighted by molar-refractivity contribution is 5.96. The molecule has 0 amide bonds. The van der Waals surface area contributed by atoms with Gasteiger partial charge in [0.25, 0.3) is 0 Å². The lowest BCUT2D eigenvalue weighted by molar-refractivity contribution is 0.0527. The van der Waals surface area contributed by atoms with Gasteiger partial charge in [0.2, 0.25) is 0 Å². The summed E-state index contributed by atoms with van der Waals surface area (Å²) < 4.78 is 10.5. The standard InChI is InChI=1S/C16H26N2O3/c1-3-5-10-20-11-6-9-18-13-7-8-15(17)14(12-13)16(19)21-4-2/h7-8,12,18H,3-6,9-11,17H2,1-2H3. The van der Waals surface area contributed by atoms with Crippen LogP contribution in [0.4, 0.5) is 11.4 Å². The van der Waals surface area contributed by atoms with Crippen molar-refractivity contribution in [3.8, 4) is 0 Å². The minimum absolute atomic E-state index is 0.338.